The van der Waals surface area contributed by atoms with Crippen LogP contribution in [0.15, 0.2) is 48.5 Å². The van der Waals surface area contributed by atoms with Gasteiger partial charge in [0.2, 0.25) is 0 Å². The number of nitrogens with one attached hydrogen (secondary N) is 1. The Balaban J connectivity index is 1.67. The smallest absolute Gasteiger partial charge is 0.389 e. The molecule has 2 fully saturated rings. The molecule has 36 heavy (non-hydrogen) atoms. The van der Waals surface area contributed by atoms with Crippen molar-refractivity contribution < 1.29 is 40.9 Å². The molecule has 0 amide bonds. The van der Waals surface area contributed by atoms with Gasteiger partial charge in [0.15, 0.2) is 6.29 Å². The number of ether oxygens (including phenoxy) is 2. The molecule has 4 rings (SSSR count). The van der Waals surface area contributed by atoms with Gasteiger partial charge in [-0.1, -0.05) is 30.3 Å². The first-order valence-corrected chi connectivity index (χ1v) is 11.9. The predicted molar refractivity (Wildman–Crippen MR) is 120 cm³/mol. The average Bonchev–Trinajstić information content (AvgIpc) is 2.83. The largest absolute Gasteiger partial charge is 0.416 e. The van der Waals surface area contributed by atoms with Gasteiger partial charge in [-0.15, -0.1) is 0 Å². The highest BCUT2D eigenvalue weighted by molar-refractivity contribution is 5.35. The van der Waals surface area contributed by atoms with Crippen LogP contribution in [0.2, 0.25) is 0 Å². The molecule has 198 valence electrons. The normalized spacial score (nSPS) is 25.9. The molecule has 0 saturated carbocycles. The van der Waals surface area contributed by atoms with Gasteiger partial charge in [0.25, 0.3) is 0 Å². The molecule has 4 nitrogen and oxygen atoms in total. The zero-order valence-corrected chi connectivity index (χ0v) is 19.7. The zero-order valence-electron chi connectivity index (χ0n) is 19.7. The lowest BCUT2D eigenvalue weighted by Crippen LogP contribution is -2.53. The molecule has 0 aromatic heterocycles. The number of hydrogen-bond donors (Lipinski definition) is 2. The van der Waals surface area contributed by atoms with Crippen LogP contribution in [0.1, 0.15) is 60.5 Å². The lowest BCUT2D eigenvalue weighted by Gasteiger charge is -2.48. The first-order chi connectivity index (χ1) is 16.9. The summed E-state index contributed by atoms with van der Waals surface area (Å²) in [5.41, 5.74) is -3.22. The van der Waals surface area contributed by atoms with E-state index in [4.69, 9.17) is 9.47 Å². The lowest BCUT2D eigenvalue weighted by molar-refractivity contribution is -0.230. The molecule has 2 aromatic carbocycles. The van der Waals surface area contributed by atoms with Crippen LogP contribution in [0, 0.1) is 5.92 Å². The van der Waals surface area contributed by atoms with Crippen molar-refractivity contribution in [3.8, 4) is 0 Å². The first kappa shape index (κ1) is 26.9. The van der Waals surface area contributed by atoms with Gasteiger partial charge in [0, 0.05) is 11.8 Å². The number of alkyl halides is 6. The van der Waals surface area contributed by atoms with Gasteiger partial charge in [-0.05, 0) is 68.6 Å². The van der Waals surface area contributed by atoms with Crippen LogP contribution in [-0.2, 0) is 21.8 Å². The Bertz CT molecular complexity index is 988. The molecule has 0 bridgehead atoms. The van der Waals surface area contributed by atoms with Crippen LogP contribution in [0.4, 0.5) is 26.3 Å². The number of benzene rings is 2. The van der Waals surface area contributed by atoms with Crippen molar-refractivity contribution in [3.63, 3.8) is 0 Å². The van der Waals surface area contributed by atoms with Gasteiger partial charge >= 0.3 is 12.4 Å². The van der Waals surface area contributed by atoms with E-state index < -0.39 is 47.4 Å². The second-order valence-electron chi connectivity index (χ2n) is 9.54. The molecular weight excluding hydrogens is 488 g/mol. The summed E-state index contributed by atoms with van der Waals surface area (Å²) in [5.74, 6) is -0.724. The summed E-state index contributed by atoms with van der Waals surface area (Å²) in [6.07, 6.45) is -10.4. The Labute approximate surface area is 205 Å². The van der Waals surface area contributed by atoms with E-state index in [1.54, 1.807) is 0 Å². The summed E-state index contributed by atoms with van der Waals surface area (Å²) >= 11 is 0. The van der Waals surface area contributed by atoms with Crippen LogP contribution < -0.4 is 5.32 Å². The number of hydrogen-bond acceptors (Lipinski definition) is 4. The van der Waals surface area contributed by atoms with Gasteiger partial charge in [0.05, 0.1) is 29.4 Å². The summed E-state index contributed by atoms with van der Waals surface area (Å²) in [7, 11) is 0. The van der Waals surface area contributed by atoms with Gasteiger partial charge in [-0.3, -0.25) is 0 Å². The SMILES string of the molecule is C[C@@H](O[C@H]1OCC[C@@H](C2(O)CCNCC2)[C@@H]1c1ccccc1)c1cc(C(F)(F)F)cc(C(F)(F)F)c1. The molecule has 0 spiro atoms. The van der Waals surface area contributed by atoms with Crippen molar-refractivity contribution in [2.75, 3.05) is 19.7 Å². The summed E-state index contributed by atoms with van der Waals surface area (Å²) in [6, 6.07) is 10.7. The standard InChI is InChI=1S/C26H29F6NO3/c1-16(18-13-19(25(27,28)29)15-20(14-18)26(30,31)32)36-23-22(17-5-3-2-4-6-17)21(7-12-35-23)24(34)8-10-33-11-9-24/h2-6,13-16,21-23,33-34H,7-12H2,1H3/t16-,21-,22+,23-/m1/s1. The first-order valence-electron chi connectivity index (χ1n) is 11.9. The Morgan fingerprint density at radius 3 is 2.11 bits per heavy atom. The fourth-order valence-corrected chi connectivity index (χ4v) is 5.30. The maximum atomic E-state index is 13.4. The van der Waals surface area contributed by atoms with Gasteiger partial charge in [-0.25, -0.2) is 0 Å². The van der Waals surface area contributed by atoms with Crippen molar-refractivity contribution in [1.82, 2.24) is 5.32 Å². The van der Waals surface area contributed by atoms with E-state index in [9.17, 15) is 31.4 Å². The molecule has 2 aliphatic heterocycles. The summed E-state index contributed by atoms with van der Waals surface area (Å²) in [6.45, 7) is 2.94. The van der Waals surface area contributed by atoms with Crippen molar-refractivity contribution in [2.45, 2.75) is 62.5 Å². The third kappa shape index (κ3) is 5.88. The Morgan fingerprint density at radius 1 is 0.972 bits per heavy atom. The van der Waals surface area contributed by atoms with Crippen molar-refractivity contribution in [1.29, 1.82) is 0 Å². The van der Waals surface area contributed by atoms with Crippen LogP contribution in [0.3, 0.4) is 0 Å². The molecule has 4 atom stereocenters. The van der Waals surface area contributed by atoms with Crippen molar-refractivity contribution >= 4 is 0 Å². The van der Waals surface area contributed by atoms with Crippen molar-refractivity contribution in [2.24, 2.45) is 5.92 Å². The number of rotatable bonds is 5. The minimum Gasteiger partial charge on any atom is -0.389 e. The van der Waals surface area contributed by atoms with Crippen LogP contribution in [-0.4, -0.2) is 36.7 Å². The molecule has 0 radical (unpaired) electrons. The maximum Gasteiger partial charge on any atom is 0.416 e. The fraction of sp³-hybridized carbons (Fsp3) is 0.538. The molecule has 0 aliphatic carbocycles. The molecule has 2 heterocycles. The zero-order chi connectivity index (χ0) is 26.1. The second-order valence-corrected chi connectivity index (χ2v) is 9.54. The topological polar surface area (TPSA) is 50.7 Å². The molecule has 0 unspecified atom stereocenters. The summed E-state index contributed by atoms with van der Waals surface area (Å²) < 4.78 is 92.2. The van der Waals surface area contributed by atoms with Crippen LogP contribution in [0.25, 0.3) is 0 Å². The van der Waals surface area contributed by atoms with Gasteiger partial charge in [-0.2, -0.15) is 26.3 Å². The number of aliphatic hydroxyl groups is 1. The van der Waals surface area contributed by atoms with Crippen molar-refractivity contribution in [3.05, 3.63) is 70.8 Å². The number of piperidine rings is 1. The molecule has 2 saturated heterocycles. The maximum absolute atomic E-state index is 13.4. The molecule has 2 N–H and O–H groups in total. The summed E-state index contributed by atoms with van der Waals surface area (Å²) in [4.78, 5) is 0. The fourth-order valence-electron chi connectivity index (χ4n) is 5.30. The third-order valence-corrected chi connectivity index (χ3v) is 7.20. The monoisotopic (exact) mass is 517 g/mol. The highest BCUT2D eigenvalue weighted by Crippen LogP contribution is 2.47. The minimum absolute atomic E-state index is 0.1000. The van der Waals surface area contributed by atoms with E-state index in [2.05, 4.69) is 5.32 Å². The Kier molecular flexibility index (Phi) is 7.71. The second kappa shape index (κ2) is 10.3. The van der Waals surface area contributed by atoms with E-state index in [-0.39, 0.29) is 24.2 Å². The molecular formula is C26H29F6NO3. The quantitative estimate of drug-likeness (QED) is 0.474. The predicted octanol–water partition coefficient (Wildman–Crippen LogP) is 6.06. The van der Waals surface area contributed by atoms with E-state index in [1.165, 1.54) is 6.92 Å². The minimum atomic E-state index is -4.95. The average molecular weight is 518 g/mol. The van der Waals surface area contributed by atoms with Gasteiger partial charge < -0.3 is 19.9 Å². The molecule has 2 aromatic rings. The van der Waals surface area contributed by atoms with Crippen LogP contribution >= 0.6 is 0 Å². The van der Waals surface area contributed by atoms with E-state index >= 15 is 0 Å². The lowest BCUT2D eigenvalue weighted by atomic mass is 9.68. The number of halogens is 6. The third-order valence-electron chi connectivity index (χ3n) is 7.20. The highest BCUT2D eigenvalue weighted by Gasteiger charge is 2.48. The highest BCUT2D eigenvalue weighted by atomic mass is 19.4. The van der Waals surface area contributed by atoms with Gasteiger partial charge in [0.1, 0.15) is 0 Å². The molecule has 2 aliphatic rings. The van der Waals surface area contributed by atoms with E-state index in [1.807, 2.05) is 30.3 Å². The van der Waals surface area contributed by atoms with E-state index in [0.29, 0.717) is 44.5 Å². The Morgan fingerprint density at radius 2 is 1.56 bits per heavy atom. The summed E-state index contributed by atoms with van der Waals surface area (Å²) in [5, 5.41) is 14.8. The molecule has 10 heteroatoms. The Hall–Kier alpha value is -2.14. The van der Waals surface area contributed by atoms with Crippen LogP contribution in [0.5, 0.6) is 0 Å². The van der Waals surface area contributed by atoms with E-state index in [0.717, 1.165) is 5.56 Å².